The fourth-order valence-electron chi connectivity index (χ4n) is 2.43. The molecule has 0 radical (unpaired) electrons. The van der Waals surface area contributed by atoms with Gasteiger partial charge >= 0.3 is 0 Å². The summed E-state index contributed by atoms with van der Waals surface area (Å²) in [5.41, 5.74) is 2.64. The van der Waals surface area contributed by atoms with Crippen molar-refractivity contribution in [3.8, 4) is 0 Å². The smallest absolute Gasteiger partial charge is 0.168 e. The molecule has 1 aliphatic heterocycles. The Balaban J connectivity index is 2.13. The summed E-state index contributed by atoms with van der Waals surface area (Å²) < 4.78 is 1.78. The number of hydrogen-bond donors (Lipinski definition) is 1. The van der Waals surface area contributed by atoms with Crippen molar-refractivity contribution in [1.29, 1.82) is 0 Å². The van der Waals surface area contributed by atoms with Crippen LogP contribution >= 0.6 is 0 Å². The molecule has 1 saturated heterocycles. The maximum atomic E-state index is 12.2. The fraction of sp³-hybridized carbons (Fsp3) is 0.667. The minimum atomic E-state index is 0.225. The number of rotatable bonds is 3. The number of Topliss-reactive ketones (excluding diaryl/α,β-unsaturated/α-hetero) is 1. The molecule has 2 rings (SSSR count). The van der Waals surface area contributed by atoms with Crippen molar-refractivity contribution in [2.24, 2.45) is 7.05 Å². The highest BCUT2D eigenvalue weighted by molar-refractivity contribution is 5.98. The van der Waals surface area contributed by atoms with Gasteiger partial charge in [-0.2, -0.15) is 5.10 Å². The zero-order valence-corrected chi connectivity index (χ0v) is 10.2. The Labute approximate surface area is 96.0 Å². The highest BCUT2D eigenvalue weighted by Crippen LogP contribution is 2.18. The Bertz CT molecular complexity index is 403. The number of nitrogens with one attached hydrogen (secondary N) is 1. The van der Waals surface area contributed by atoms with E-state index in [2.05, 4.69) is 10.4 Å². The zero-order chi connectivity index (χ0) is 11.7. The molecule has 1 N–H and O–H groups in total. The summed E-state index contributed by atoms with van der Waals surface area (Å²) in [5.74, 6) is 0.225. The molecule has 1 aromatic heterocycles. The molecule has 4 heteroatoms. The van der Waals surface area contributed by atoms with E-state index >= 15 is 0 Å². The van der Waals surface area contributed by atoms with Crippen molar-refractivity contribution in [2.75, 3.05) is 6.54 Å². The van der Waals surface area contributed by atoms with E-state index in [4.69, 9.17) is 0 Å². The average molecular weight is 221 g/mol. The highest BCUT2D eigenvalue weighted by atomic mass is 16.1. The molecule has 0 saturated carbocycles. The second kappa shape index (κ2) is 4.37. The van der Waals surface area contributed by atoms with Crippen LogP contribution in [0.5, 0.6) is 0 Å². The Morgan fingerprint density at radius 1 is 1.56 bits per heavy atom. The van der Waals surface area contributed by atoms with E-state index in [1.54, 1.807) is 4.68 Å². The molecule has 0 aromatic carbocycles. The number of aryl methyl sites for hydroxylation is 2. The molecule has 1 atom stereocenters. The predicted octanol–water partition coefficient (Wildman–Crippen LogP) is 1.36. The van der Waals surface area contributed by atoms with Gasteiger partial charge in [0.1, 0.15) is 0 Å². The van der Waals surface area contributed by atoms with Crippen LogP contribution in [-0.4, -0.2) is 28.2 Å². The van der Waals surface area contributed by atoms with Gasteiger partial charge in [-0.25, -0.2) is 0 Å². The first-order valence-electron chi connectivity index (χ1n) is 5.86. The minimum absolute atomic E-state index is 0.225. The lowest BCUT2D eigenvalue weighted by molar-refractivity contribution is 0.0970. The SMILES string of the molecule is Cc1nn(C)c(C)c1C(=O)CC1CCCN1. The van der Waals surface area contributed by atoms with Gasteiger partial charge in [0.25, 0.3) is 0 Å². The molecule has 4 nitrogen and oxygen atoms in total. The Hall–Kier alpha value is -1.16. The maximum absolute atomic E-state index is 12.2. The highest BCUT2D eigenvalue weighted by Gasteiger charge is 2.22. The summed E-state index contributed by atoms with van der Waals surface area (Å²) in [4.78, 5) is 12.2. The Morgan fingerprint density at radius 2 is 2.31 bits per heavy atom. The molecule has 0 aliphatic carbocycles. The lowest BCUT2D eigenvalue weighted by Crippen LogP contribution is -2.25. The summed E-state index contributed by atoms with van der Waals surface area (Å²) in [7, 11) is 1.88. The second-order valence-electron chi connectivity index (χ2n) is 4.59. The van der Waals surface area contributed by atoms with Gasteiger partial charge < -0.3 is 5.32 Å². The molecule has 1 aromatic rings. The predicted molar refractivity (Wildman–Crippen MR) is 62.7 cm³/mol. The third-order valence-corrected chi connectivity index (χ3v) is 3.38. The van der Waals surface area contributed by atoms with E-state index < -0.39 is 0 Å². The Kier molecular flexibility index (Phi) is 3.10. The number of ketones is 1. The number of carbonyl (C=O) groups is 1. The van der Waals surface area contributed by atoms with Crippen LogP contribution in [0.2, 0.25) is 0 Å². The van der Waals surface area contributed by atoms with E-state index in [0.29, 0.717) is 12.5 Å². The standard InChI is InChI=1S/C12H19N3O/c1-8-12(9(2)15(3)14-8)11(16)7-10-5-4-6-13-10/h10,13H,4-7H2,1-3H3. The van der Waals surface area contributed by atoms with Gasteiger partial charge in [0.15, 0.2) is 5.78 Å². The molecule has 0 bridgehead atoms. The van der Waals surface area contributed by atoms with E-state index in [-0.39, 0.29) is 5.78 Å². The molecular weight excluding hydrogens is 202 g/mol. The minimum Gasteiger partial charge on any atom is -0.314 e. The average Bonchev–Trinajstić information content (AvgIpc) is 2.77. The van der Waals surface area contributed by atoms with Gasteiger partial charge in [0, 0.05) is 25.2 Å². The largest absolute Gasteiger partial charge is 0.314 e. The van der Waals surface area contributed by atoms with Crippen molar-refractivity contribution in [3.05, 3.63) is 17.0 Å². The third kappa shape index (κ3) is 2.02. The van der Waals surface area contributed by atoms with E-state index in [1.165, 1.54) is 6.42 Å². The van der Waals surface area contributed by atoms with Crippen molar-refractivity contribution < 1.29 is 4.79 Å². The van der Waals surface area contributed by atoms with Crippen molar-refractivity contribution in [3.63, 3.8) is 0 Å². The lowest BCUT2D eigenvalue weighted by Gasteiger charge is -2.08. The van der Waals surface area contributed by atoms with Gasteiger partial charge in [0.05, 0.1) is 11.3 Å². The molecule has 1 aliphatic rings. The van der Waals surface area contributed by atoms with Gasteiger partial charge in [-0.05, 0) is 33.2 Å². The molecule has 0 amide bonds. The summed E-state index contributed by atoms with van der Waals surface area (Å²) in [6.45, 7) is 4.90. The number of carbonyl (C=O) groups excluding carboxylic acids is 1. The van der Waals surface area contributed by atoms with Gasteiger partial charge in [0.2, 0.25) is 0 Å². The molecule has 16 heavy (non-hydrogen) atoms. The molecule has 88 valence electrons. The topological polar surface area (TPSA) is 46.9 Å². The van der Waals surface area contributed by atoms with Crippen LogP contribution in [0.15, 0.2) is 0 Å². The van der Waals surface area contributed by atoms with Crippen LogP contribution in [0.3, 0.4) is 0 Å². The van der Waals surface area contributed by atoms with E-state index in [1.807, 2.05) is 20.9 Å². The first kappa shape index (κ1) is 11.3. The van der Waals surface area contributed by atoms with Crippen molar-refractivity contribution >= 4 is 5.78 Å². The van der Waals surface area contributed by atoms with Crippen LogP contribution in [0.4, 0.5) is 0 Å². The number of aromatic nitrogens is 2. The fourth-order valence-corrected chi connectivity index (χ4v) is 2.43. The van der Waals surface area contributed by atoms with Crippen LogP contribution in [0.1, 0.15) is 41.0 Å². The summed E-state index contributed by atoms with van der Waals surface area (Å²) >= 11 is 0. The second-order valence-corrected chi connectivity index (χ2v) is 4.59. The Morgan fingerprint density at radius 3 is 2.81 bits per heavy atom. The van der Waals surface area contributed by atoms with E-state index in [0.717, 1.165) is 29.9 Å². The quantitative estimate of drug-likeness (QED) is 0.784. The molecule has 0 spiro atoms. The van der Waals surface area contributed by atoms with Crippen LogP contribution < -0.4 is 5.32 Å². The third-order valence-electron chi connectivity index (χ3n) is 3.38. The van der Waals surface area contributed by atoms with Crippen molar-refractivity contribution in [1.82, 2.24) is 15.1 Å². The van der Waals surface area contributed by atoms with Crippen LogP contribution in [0, 0.1) is 13.8 Å². The van der Waals surface area contributed by atoms with Crippen LogP contribution in [0.25, 0.3) is 0 Å². The van der Waals surface area contributed by atoms with E-state index in [9.17, 15) is 4.79 Å². The monoisotopic (exact) mass is 221 g/mol. The molecular formula is C12H19N3O. The lowest BCUT2D eigenvalue weighted by atomic mass is 10.0. The number of nitrogens with zero attached hydrogens (tertiary/aromatic N) is 2. The molecule has 1 unspecified atom stereocenters. The first-order chi connectivity index (χ1) is 7.59. The van der Waals surface area contributed by atoms with Gasteiger partial charge in [-0.15, -0.1) is 0 Å². The maximum Gasteiger partial charge on any atom is 0.168 e. The summed E-state index contributed by atoms with van der Waals surface area (Å²) in [5, 5.41) is 7.64. The first-order valence-corrected chi connectivity index (χ1v) is 5.86. The van der Waals surface area contributed by atoms with Crippen LogP contribution in [-0.2, 0) is 7.05 Å². The van der Waals surface area contributed by atoms with Gasteiger partial charge in [-0.1, -0.05) is 0 Å². The molecule has 2 heterocycles. The number of hydrogen-bond acceptors (Lipinski definition) is 3. The summed E-state index contributed by atoms with van der Waals surface area (Å²) in [6.07, 6.45) is 2.90. The zero-order valence-electron chi connectivity index (χ0n) is 10.2. The van der Waals surface area contributed by atoms with Crippen molar-refractivity contribution in [2.45, 2.75) is 39.2 Å². The normalized spacial score (nSPS) is 20.3. The van der Waals surface area contributed by atoms with Gasteiger partial charge in [-0.3, -0.25) is 9.48 Å². The molecule has 1 fully saturated rings. The summed E-state index contributed by atoms with van der Waals surface area (Å²) in [6, 6.07) is 0.367.